The molecule has 9 heteroatoms. The van der Waals surface area contributed by atoms with Crippen molar-refractivity contribution in [3.8, 4) is 17.2 Å². The number of H-pyrrole nitrogens is 1. The Hall–Kier alpha value is -2.98. The molecule has 0 amide bonds. The van der Waals surface area contributed by atoms with Gasteiger partial charge in [0.05, 0.1) is 38.9 Å². The van der Waals surface area contributed by atoms with Crippen LogP contribution in [0.3, 0.4) is 0 Å². The van der Waals surface area contributed by atoms with Crippen LogP contribution in [0.1, 0.15) is 21.5 Å². The molecule has 34 heavy (non-hydrogen) atoms. The summed E-state index contributed by atoms with van der Waals surface area (Å²) in [6, 6.07) is 9.11. The van der Waals surface area contributed by atoms with Crippen molar-refractivity contribution in [2.24, 2.45) is 0 Å². The van der Waals surface area contributed by atoms with Gasteiger partial charge in [0.25, 0.3) is 0 Å². The van der Waals surface area contributed by atoms with E-state index in [2.05, 4.69) is 4.98 Å². The molecule has 1 heterocycles. The van der Waals surface area contributed by atoms with Crippen molar-refractivity contribution in [2.75, 3.05) is 33.7 Å². The molecule has 0 spiro atoms. The van der Waals surface area contributed by atoms with Crippen LogP contribution in [0.2, 0.25) is 0 Å². The van der Waals surface area contributed by atoms with E-state index in [0.29, 0.717) is 27.7 Å². The molecule has 0 aliphatic carbocycles. The minimum absolute atomic E-state index is 0.00515. The van der Waals surface area contributed by atoms with Crippen LogP contribution >= 0.6 is 11.8 Å². The van der Waals surface area contributed by atoms with Crippen LogP contribution in [-0.2, 0) is 0 Å². The molecule has 3 aromatic rings. The zero-order chi connectivity index (χ0) is 24.8. The molecule has 3 rings (SSSR count). The quantitative estimate of drug-likeness (QED) is 0.240. The third-order valence-corrected chi connectivity index (χ3v) is 6.47. The number of aromatic nitrogens is 1. The average molecular weight is 488 g/mol. The van der Waals surface area contributed by atoms with E-state index in [-0.39, 0.29) is 11.5 Å². The minimum Gasteiger partial charge on any atom is -0.493 e. The summed E-state index contributed by atoms with van der Waals surface area (Å²) >= 11 is 1.09. The van der Waals surface area contributed by atoms with E-state index >= 15 is 0 Å². The molecule has 0 saturated heterocycles. The maximum Gasteiger partial charge on any atom is 0.203 e. The van der Waals surface area contributed by atoms with E-state index in [0.717, 1.165) is 33.8 Å². The number of Topliss-reactive ketones (excluding diaryl/α,β-unsaturated/α-hetero) is 1. The molecular formula is C25H29NO7S. The lowest BCUT2D eigenvalue weighted by Crippen LogP contribution is -2.31. The van der Waals surface area contributed by atoms with Gasteiger partial charge in [0, 0.05) is 34.0 Å². The lowest BCUT2D eigenvalue weighted by Gasteiger charge is -2.17. The van der Waals surface area contributed by atoms with Gasteiger partial charge in [0.1, 0.15) is 6.10 Å². The highest BCUT2D eigenvalue weighted by atomic mass is 32.2. The SMILES string of the molecule is COc1cc(C(=O)C(=Cc2c[nH]c3cc(C)ccc23)SC[C@@H](O)[C@H](O)CO)cc(OC)c1OC. The highest BCUT2D eigenvalue weighted by molar-refractivity contribution is 8.04. The van der Waals surface area contributed by atoms with Crippen molar-refractivity contribution in [1.82, 2.24) is 4.98 Å². The molecule has 0 aliphatic rings. The number of fused-ring (bicyclic) bond motifs is 1. The van der Waals surface area contributed by atoms with Gasteiger partial charge in [-0.3, -0.25) is 4.79 Å². The number of aliphatic hydroxyl groups excluding tert-OH is 3. The minimum atomic E-state index is -1.30. The Morgan fingerprint density at radius 3 is 2.32 bits per heavy atom. The number of thioether (sulfide) groups is 1. The molecule has 182 valence electrons. The summed E-state index contributed by atoms with van der Waals surface area (Å²) in [6.45, 7) is 1.42. The lowest BCUT2D eigenvalue weighted by atomic mass is 10.1. The van der Waals surface area contributed by atoms with E-state index in [4.69, 9.17) is 19.3 Å². The number of methoxy groups -OCH3 is 3. The van der Waals surface area contributed by atoms with Crippen LogP contribution in [0.4, 0.5) is 0 Å². The van der Waals surface area contributed by atoms with Crippen LogP contribution in [-0.4, -0.2) is 72.0 Å². The number of hydrogen-bond acceptors (Lipinski definition) is 8. The van der Waals surface area contributed by atoms with Gasteiger partial charge in [-0.2, -0.15) is 0 Å². The van der Waals surface area contributed by atoms with Crippen molar-refractivity contribution < 1.29 is 34.3 Å². The maximum absolute atomic E-state index is 13.6. The highest BCUT2D eigenvalue weighted by Crippen LogP contribution is 2.39. The Morgan fingerprint density at radius 2 is 1.74 bits per heavy atom. The Balaban J connectivity index is 2.06. The Labute approximate surface area is 202 Å². The molecule has 1 aromatic heterocycles. The van der Waals surface area contributed by atoms with Crippen LogP contribution < -0.4 is 14.2 Å². The van der Waals surface area contributed by atoms with Gasteiger partial charge in [0.2, 0.25) is 5.75 Å². The summed E-state index contributed by atoms with van der Waals surface area (Å²) in [5.74, 6) is 0.732. The largest absolute Gasteiger partial charge is 0.493 e. The number of carbonyl (C=O) groups is 1. The lowest BCUT2D eigenvalue weighted by molar-refractivity contribution is -0.00185. The first-order valence-electron chi connectivity index (χ1n) is 10.6. The Bertz CT molecular complexity index is 1160. The van der Waals surface area contributed by atoms with E-state index in [9.17, 15) is 15.0 Å². The number of carbonyl (C=O) groups excluding carboxylic acids is 1. The van der Waals surface area contributed by atoms with Crippen molar-refractivity contribution in [3.63, 3.8) is 0 Å². The zero-order valence-corrected chi connectivity index (χ0v) is 20.3. The molecule has 8 nitrogen and oxygen atoms in total. The third kappa shape index (κ3) is 5.56. The average Bonchev–Trinajstić information content (AvgIpc) is 3.25. The zero-order valence-electron chi connectivity index (χ0n) is 19.5. The van der Waals surface area contributed by atoms with Crippen LogP contribution in [0.25, 0.3) is 17.0 Å². The molecule has 0 fully saturated rings. The van der Waals surface area contributed by atoms with E-state index in [1.807, 2.05) is 31.3 Å². The molecule has 0 radical (unpaired) electrons. The van der Waals surface area contributed by atoms with E-state index < -0.39 is 18.8 Å². The molecule has 2 aromatic carbocycles. The van der Waals surface area contributed by atoms with Gasteiger partial charge < -0.3 is 34.5 Å². The smallest absolute Gasteiger partial charge is 0.203 e. The van der Waals surface area contributed by atoms with Gasteiger partial charge in [-0.1, -0.05) is 12.1 Å². The summed E-state index contributed by atoms with van der Waals surface area (Å²) in [6.07, 6.45) is 1.03. The molecular weight excluding hydrogens is 458 g/mol. The molecule has 0 unspecified atom stereocenters. The number of aryl methyl sites for hydroxylation is 1. The number of hydrogen-bond donors (Lipinski definition) is 4. The summed E-state index contributed by atoms with van der Waals surface area (Å²) in [4.78, 5) is 17.2. The first-order chi connectivity index (χ1) is 16.3. The fourth-order valence-electron chi connectivity index (χ4n) is 3.46. The summed E-state index contributed by atoms with van der Waals surface area (Å²) in [5, 5.41) is 30.0. The van der Waals surface area contributed by atoms with Gasteiger partial charge in [-0.15, -0.1) is 11.8 Å². The number of allylic oxidation sites excluding steroid dienone is 1. The van der Waals surface area contributed by atoms with Gasteiger partial charge in [-0.05, 0) is 36.8 Å². The molecule has 0 aliphatic heterocycles. The monoisotopic (exact) mass is 487 g/mol. The fraction of sp³-hybridized carbons (Fsp3) is 0.320. The van der Waals surface area contributed by atoms with Gasteiger partial charge in [-0.25, -0.2) is 0 Å². The normalized spacial score (nSPS) is 13.6. The van der Waals surface area contributed by atoms with Crippen LogP contribution in [0.5, 0.6) is 17.2 Å². The second kappa shape index (κ2) is 11.4. The number of benzene rings is 2. The number of nitrogens with one attached hydrogen (secondary N) is 1. The standard InChI is InChI=1S/C25H29NO7S/c1-14-5-6-17-16(11-26-18(17)7-14)10-23(34-13-20(29)19(28)12-27)24(30)15-8-21(31-2)25(33-4)22(9-15)32-3/h5-11,19-20,26-29H,12-13H2,1-4H3/t19-,20-/m1/s1. The first-order valence-corrected chi connectivity index (χ1v) is 11.5. The second-order valence-electron chi connectivity index (χ2n) is 7.67. The molecule has 0 saturated carbocycles. The van der Waals surface area contributed by atoms with Crippen LogP contribution in [0, 0.1) is 6.92 Å². The maximum atomic E-state index is 13.6. The van der Waals surface area contributed by atoms with Crippen molar-refractivity contribution >= 4 is 34.5 Å². The van der Waals surface area contributed by atoms with E-state index in [1.165, 1.54) is 21.3 Å². The number of ketones is 1. The van der Waals surface area contributed by atoms with Gasteiger partial charge >= 0.3 is 0 Å². The Morgan fingerprint density at radius 1 is 1.06 bits per heavy atom. The molecule has 2 atom stereocenters. The number of aromatic amines is 1. The predicted octanol–water partition coefficient (Wildman–Crippen LogP) is 3.17. The number of rotatable bonds is 11. The molecule has 4 N–H and O–H groups in total. The van der Waals surface area contributed by atoms with E-state index in [1.54, 1.807) is 18.2 Å². The van der Waals surface area contributed by atoms with Crippen molar-refractivity contribution in [3.05, 3.63) is 58.1 Å². The van der Waals surface area contributed by atoms with Crippen molar-refractivity contribution in [1.29, 1.82) is 0 Å². The number of ether oxygens (including phenoxy) is 3. The fourth-order valence-corrected chi connectivity index (χ4v) is 4.49. The highest BCUT2D eigenvalue weighted by Gasteiger charge is 2.23. The summed E-state index contributed by atoms with van der Waals surface area (Å²) in [7, 11) is 4.42. The predicted molar refractivity (Wildman–Crippen MR) is 133 cm³/mol. The van der Waals surface area contributed by atoms with Gasteiger partial charge in [0.15, 0.2) is 17.3 Å². The first kappa shape index (κ1) is 25.6. The molecule has 0 bridgehead atoms. The van der Waals surface area contributed by atoms with Crippen molar-refractivity contribution in [2.45, 2.75) is 19.1 Å². The van der Waals surface area contributed by atoms with Crippen LogP contribution in [0.15, 0.2) is 41.4 Å². The summed E-state index contributed by atoms with van der Waals surface area (Å²) in [5.41, 5.74) is 3.15. The Kier molecular flexibility index (Phi) is 8.62. The number of aliphatic hydroxyl groups is 3. The second-order valence-corrected chi connectivity index (χ2v) is 8.73. The summed E-state index contributed by atoms with van der Waals surface area (Å²) < 4.78 is 16.1. The third-order valence-electron chi connectivity index (χ3n) is 5.35. The topological polar surface area (TPSA) is 121 Å².